The van der Waals surface area contributed by atoms with Crippen molar-refractivity contribution in [2.75, 3.05) is 0 Å². The van der Waals surface area contributed by atoms with Gasteiger partial charge in [0.25, 0.3) is 0 Å². The van der Waals surface area contributed by atoms with E-state index in [1.165, 1.54) is 6.20 Å². The molecule has 0 radical (unpaired) electrons. The second-order valence-corrected chi connectivity index (χ2v) is 3.51. The molecule has 0 fully saturated rings. The molecule has 1 aromatic carbocycles. The molecule has 84 valence electrons. The van der Waals surface area contributed by atoms with Gasteiger partial charge in [0, 0.05) is 12.4 Å². The van der Waals surface area contributed by atoms with E-state index in [0.717, 1.165) is 5.56 Å². The van der Waals surface area contributed by atoms with E-state index in [2.05, 4.69) is 4.98 Å². The van der Waals surface area contributed by atoms with Crippen LogP contribution >= 0.6 is 0 Å². The van der Waals surface area contributed by atoms with Gasteiger partial charge in [-0.1, -0.05) is 42.5 Å². The van der Waals surface area contributed by atoms with Crippen molar-refractivity contribution in [3.05, 3.63) is 65.5 Å². The van der Waals surface area contributed by atoms with Gasteiger partial charge in [-0.3, -0.25) is 4.98 Å². The number of nitrogens with zero attached hydrogens (tertiary/aromatic N) is 1. The second-order valence-electron chi connectivity index (χ2n) is 3.51. The Morgan fingerprint density at radius 2 is 1.88 bits per heavy atom. The van der Waals surface area contributed by atoms with E-state index in [1.807, 2.05) is 36.4 Å². The Morgan fingerprint density at radius 1 is 1.12 bits per heavy atom. The van der Waals surface area contributed by atoms with Crippen LogP contribution in [-0.2, 0) is 0 Å². The quantitative estimate of drug-likeness (QED) is 0.873. The molecule has 0 aliphatic carbocycles. The molecule has 3 nitrogen and oxygen atoms in total. The molecule has 0 saturated carbocycles. The first-order chi connectivity index (χ1) is 8.27. The standard InChI is InChI=1S/C14H11NO2/c16-14(17)13-10-15-9-8-12(13)7-6-11-4-2-1-3-5-11/h1-10H,(H,16,17). The lowest BCUT2D eigenvalue weighted by Gasteiger charge is -1.99. The summed E-state index contributed by atoms with van der Waals surface area (Å²) in [4.78, 5) is 14.8. The Labute approximate surface area is 99.1 Å². The Hall–Kier alpha value is -2.42. The molecule has 0 unspecified atom stereocenters. The topological polar surface area (TPSA) is 50.2 Å². The first-order valence-electron chi connectivity index (χ1n) is 5.18. The van der Waals surface area contributed by atoms with Crippen molar-refractivity contribution in [3.63, 3.8) is 0 Å². The zero-order chi connectivity index (χ0) is 12.1. The minimum atomic E-state index is -0.967. The van der Waals surface area contributed by atoms with Gasteiger partial charge in [0.2, 0.25) is 0 Å². The molecular weight excluding hydrogens is 214 g/mol. The predicted octanol–water partition coefficient (Wildman–Crippen LogP) is 2.95. The van der Waals surface area contributed by atoms with Crippen LogP contribution in [0.5, 0.6) is 0 Å². The SMILES string of the molecule is O=C(O)c1cnccc1C=Cc1ccccc1. The van der Waals surface area contributed by atoms with Crippen LogP contribution < -0.4 is 0 Å². The average Bonchev–Trinajstić information content (AvgIpc) is 2.38. The number of carbonyl (C=O) groups is 1. The molecule has 1 heterocycles. The summed E-state index contributed by atoms with van der Waals surface area (Å²) >= 11 is 0. The number of pyridine rings is 1. The molecule has 1 N–H and O–H groups in total. The molecular formula is C14H11NO2. The predicted molar refractivity (Wildman–Crippen MR) is 66.6 cm³/mol. The summed E-state index contributed by atoms with van der Waals surface area (Å²) in [6.07, 6.45) is 6.59. The minimum absolute atomic E-state index is 0.208. The highest BCUT2D eigenvalue weighted by molar-refractivity contribution is 5.93. The van der Waals surface area contributed by atoms with Crippen LogP contribution in [0.3, 0.4) is 0 Å². The third-order valence-electron chi connectivity index (χ3n) is 2.34. The fraction of sp³-hybridized carbons (Fsp3) is 0. The molecule has 0 bridgehead atoms. The van der Waals surface area contributed by atoms with Gasteiger partial charge in [-0.05, 0) is 17.2 Å². The Bertz CT molecular complexity index is 547. The summed E-state index contributed by atoms with van der Waals surface area (Å²) in [6.45, 7) is 0. The highest BCUT2D eigenvalue weighted by Crippen LogP contribution is 2.12. The van der Waals surface area contributed by atoms with Gasteiger partial charge in [0.05, 0.1) is 5.56 Å². The highest BCUT2D eigenvalue weighted by Gasteiger charge is 2.06. The summed E-state index contributed by atoms with van der Waals surface area (Å²) in [6, 6.07) is 11.4. The monoisotopic (exact) mass is 225 g/mol. The van der Waals surface area contributed by atoms with E-state index in [4.69, 9.17) is 5.11 Å². The van der Waals surface area contributed by atoms with Crippen LogP contribution in [-0.4, -0.2) is 16.1 Å². The molecule has 1 aromatic heterocycles. The van der Waals surface area contributed by atoms with Crippen molar-refractivity contribution in [2.45, 2.75) is 0 Å². The smallest absolute Gasteiger partial charge is 0.337 e. The van der Waals surface area contributed by atoms with Crippen molar-refractivity contribution >= 4 is 18.1 Å². The maximum absolute atomic E-state index is 11.0. The zero-order valence-corrected chi connectivity index (χ0v) is 9.08. The summed E-state index contributed by atoms with van der Waals surface area (Å²) in [5.41, 5.74) is 1.89. The first-order valence-corrected chi connectivity index (χ1v) is 5.18. The molecule has 0 amide bonds. The van der Waals surface area contributed by atoms with Gasteiger partial charge in [0.1, 0.15) is 0 Å². The van der Waals surface area contributed by atoms with Gasteiger partial charge in [-0.2, -0.15) is 0 Å². The summed E-state index contributed by atoms with van der Waals surface area (Å²) < 4.78 is 0. The lowest BCUT2D eigenvalue weighted by atomic mass is 10.1. The van der Waals surface area contributed by atoms with E-state index in [-0.39, 0.29) is 5.56 Å². The number of aromatic carboxylic acids is 1. The number of rotatable bonds is 3. The number of hydrogen-bond acceptors (Lipinski definition) is 2. The first kappa shape index (κ1) is 11.1. The fourth-order valence-corrected chi connectivity index (χ4v) is 1.48. The van der Waals surface area contributed by atoms with Crippen molar-refractivity contribution in [1.29, 1.82) is 0 Å². The lowest BCUT2D eigenvalue weighted by Crippen LogP contribution is -1.99. The van der Waals surface area contributed by atoms with E-state index in [1.54, 1.807) is 18.3 Å². The molecule has 2 rings (SSSR count). The third kappa shape index (κ3) is 2.78. The van der Waals surface area contributed by atoms with Gasteiger partial charge >= 0.3 is 5.97 Å². The average molecular weight is 225 g/mol. The number of benzene rings is 1. The Kier molecular flexibility index (Phi) is 3.31. The largest absolute Gasteiger partial charge is 0.478 e. The second kappa shape index (κ2) is 5.07. The van der Waals surface area contributed by atoms with Gasteiger partial charge in [-0.15, -0.1) is 0 Å². The lowest BCUT2D eigenvalue weighted by molar-refractivity contribution is 0.0696. The fourth-order valence-electron chi connectivity index (χ4n) is 1.48. The summed E-state index contributed by atoms with van der Waals surface area (Å²) in [7, 11) is 0. The molecule has 0 aliphatic rings. The zero-order valence-electron chi connectivity index (χ0n) is 9.08. The summed E-state index contributed by atoms with van der Waals surface area (Å²) in [5, 5.41) is 8.99. The minimum Gasteiger partial charge on any atom is -0.478 e. The van der Waals surface area contributed by atoms with E-state index in [9.17, 15) is 4.79 Å². The van der Waals surface area contributed by atoms with Crippen LogP contribution in [0.2, 0.25) is 0 Å². The third-order valence-corrected chi connectivity index (χ3v) is 2.34. The molecule has 0 spiro atoms. The van der Waals surface area contributed by atoms with Crippen LogP contribution in [0.25, 0.3) is 12.2 Å². The highest BCUT2D eigenvalue weighted by atomic mass is 16.4. The van der Waals surface area contributed by atoms with E-state index in [0.29, 0.717) is 5.56 Å². The van der Waals surface area contributed by atoms with Crippen LogP contribution in [0, 0.1) is 0 Å². The molecule has 0 saturated heterocycles. The summed E-state index contributed by atoms with van der Waals surface area (Å²) in [5.74, 6) is -0.967. The number of carboxylic acids is 1. The van der Waals surface area contributed by atoms with Crippen LogP contribution in [0.15, 0.2) is 48.8 Å². The number of hydrogen-bond donors (Lipinski definition) is 1. The molecule has 0 atom stereocenters. The van der Waals surface area contributed by atoms with Crippen molar-refractivity contribution in [2.24, 2.45) is 0 Å². The molecule has 2 aromatic rings. The molecule has 17 heavy (non-hydrogen) atoms. The van der Waals surface area contributed by atoms with Crippen molar-refractivity contribution in [3.8, 4) is 0 Å². The Morgan fingerprint density at radius 3 is 2.59 bits per heavy atom. The van der Waals surface area contributed by atoms with Gasteiger partial charge in [0.15, 0.2) is 0 Å². The van der Waals surface area contributed by atoms with E-state index < -0.39 is 5.97 Å². The molecule has 0 aliphatic heterocycles. The van der Waals surface area contributed by atoms with E-state index >= 15 is 0 Å². The number of carboxylic acid groups (broad SMARTS) is 1. The van der Waals surface area contributed by atoms with Crippen molar-refractivity contribution in [1.82, 2.24) is 4.98 Å². The van der Waals surface area contributed by atoms with Crippen LogP contribution in [0.1, 0.15) is 21.5 Å². The van der Waals surface area contributed by atoms with Gasteiger partial charge < -0.3 is 5.11 Å². The molecule has 3 heteroatoms. The normalized spacial score (nSPS) is 10.6. The Balaban J connectivity index is 2.30. The van der Waals surface area contributed by atoms with Gasteiger partial charge in [-0.25, -0.2) is 4.79 Å². The van der Waals surface area contributed by atoms with Crippen LogP contribution in [0.4, 0.5) is 0 Å². The number of aromatic nitrogens is 1. The van der Waals surface area contributed by atoms with Crippen molar-refractivity contribution < 1.29 is 9.90 Å². The maximum Gasteiger partial charge on any atom is 0.337 e. The maximum atomic E-state index is 11.0.